The second kappa shape index (κ2) is 5.55. The predicted octanol–water partition coefficient (Wildman–Crippen LogP) is 2.88. The van der Waals surface area contributed by atoms with Gasteiger partial charge in [0, 0.05) is 16.1 Å². The number of aliphatic imine (C=N–C) groups is 1. The molecule has 0 aromatic heterocycles. The molecule has 22 heavy (non-hydrogen) atoms. The van der Waals surface area contributed by atoms with Gasteiger partial charge in [0.1, 0.15) is 0 Å². The van der Waals surface area contributed by atoms with Gasteiger partial charge in [-0.15, -0.1) is 0 Å². The lowest BCUT2D eigenvalue weighted by Crippen LogP contribution is -2.41. The number of benzene rings is 2. The number of hydrogen-bond acceptors (Lipinski definition) is 3. The van der Waals surface area contributed by atoms with Crippen molar-refractivity contribution in [2.24, 2.45) is 4.99 Å². The normalized spacial score (nSPS) is 20.7. The second-order valence-corrected chi connectivity index (χ2v) is 5.84. The number of aliphatic hydroxyl groups excluding tert-OH is 1. The lowest BCUT2D eigenvalue weighted by Gasteiger charge is -2.20. The third kappa shape index (κ3) is 2.51. The van der Waals surface area contributed by atoms with E-state index < -0.39 is 5.54 Å². The third-order valence-corrected chi connectivity index (χ3v) is 3.92. The molecule has 2 aromatic rings. The van der Waals surface area contributed by atoms with Gasteiger partial charge in [-0.2, -0.15) is 0 Å². The topological polar surface area (TPSA) is 61.7 Å². The monoisotopic (exact) mass is 314 g/mol. The van der Waals surface area contributed by atoms with Crippen LogP contribution in [-0.4, -0.2) is 28.9 Å². The van der Waals surface area contributed by atoms with Crippen LogP contribution in [0, 0.1) is 0 Å². The molecule has 2 N–H and O–H groups in total. The van der Waals surface area contributed by atoms with Crippen LogP contribution in [0.5, 0.6) is 0 Å². The molecule has 5 heteroatoms. The molecule has 112 valence electrons. The van der Waals surface area contributed by atoms with Crippen LogP contribution in [0.2, 0.25) is 5.02 Å². The summed E-state index contributed by atoms with van der Waals surface area (Å²) in [5, 5.41) is 13.0. The number of amides is 1. The van der Waals surface area contributed by atoms with Gasteiger partial charge >= 0.3 is 0 Å². The maximum absolute atomic E-state index is 12.4. The maximum atomic E-state index is 12.4. The Kier molecular flexibility index (Phi) is 3.72. The highest BCUT2D eigenvalue weighted by Crippen LogP contribution is 2.30. The number of anilines is 1. The number of nitrogens with zero attached hydrogens (tertiary/aromatic N) is 1. The molecule has 1 unspecified atom stereocenters. The number of fused-ring (bicyclic) bond motifs is 1. The lowest BCUT2D eigenvalue weighted by atomic mass is 9.99. The molecular weight excluding hydrogens is 300 g/mol. The highest BCUT2D eigenvalue weighted by molar-refractivity contribution is 6.32. The van der Waals surface area contributed by atoms with Gasteiger partial charge in [-0.1, -0.05) is 41.9 Å². The summed E-state index contributed by atoms with van der Waals surface area (Å²) >= 11 is 6.11. The predicted molar refractivity (Wildman–Crippen MR) is 87.7 cm³/mol. The molecule has 3 rings (SSSR count). The number of benzodiazepines with no additional fused rings is 1. The van der Waals surface area contributed by atoms with E-state index in [0.717, 1.165) is 11.1 Å². The van der Waals surface area contributed by atoms with Crippen molar-refractivity contribution < 1.29 is 9.90 Å². The molecule has 0 spiro atoms. The Morgan fingerprint density at radius 1 is 1.23 bits per heavy atom. The summed E-state index contributed by atoms with van der Waals surface area (Å²) in [4.78, 5) is 16.9. The first-order valence-corrected chi connectivity index (χ1v) is 7.29. The largest absolute Gasteiger partial charge is 0.393 e. The lowest BCUT2D eigenvalue weighted by molar-refractivity contribution is -0.121. The van der Waals surface area contributed by atoms with Crippen LogP contribution in [0.1, 0.15) is 18.1 Å². The molecule has 4 nitrogen and oxygen atoms in total. The van der Waals surface area contributed by atoms with Gasteiger partial charge in [0.15, 0.2) is 5.54 Å². The molecule has 0 aliphatic carbocycles. The fourth-order valence-corrected chi connectivity index (χ4v) is 2.53. The molecular formula is C17H15ClN2O2. The maximum Gasteiger partial charge on any atom is 0.254 e. The van der Waals surface area contributed by atoms with E-state index >= 15 is 0 Å². The van der Waals surface area contributed by atoms with E-state index in [0.29, 0.717) is 16.4 Å². The Labute approximate surface area is 133 Å². The van der Waals surface area contributed by atoms with Crippen molar-refractivity contribution in [2.75, 3.05) is 11.9 Å². The average Bonchev–Trinajstić information content (AvgIpc) is 2.64. The summed E-state index contributed by atoms with van der Waals surface area (Å²) in [5.74, 6) is -0.343. The number of hydrogen-bond donors (Lipinski definition) is 2. The van der Waals surface area contributed by atoms with Crippen LogP contribution in [0.15, 0.2) is 53.5 Å². The van der Waals surface area contributed by atoms with Gasteiger partial charge in [-0.05, 0) is 25.1 Å². The fraction of sp³-hybridized carbons (Fsp3) is 0.176. The molecule has 2 aromatic carbocycles. The quantitative estimate of drug-likeness (QED) is 0.895. The number of carbonyl (C=O) groups excluding carboxylic acids is 1. The molecule has 0 saturated heterocycles. The summed E-state index contributed by atoms with van der Waals surface area (Å²) in [6, 6.07) is 14.8. The van der Waals surface area contributed by atoms with Crippen molar-refractivity contribution in [1.82, 2.24) is 0 Å². The van der Waals surface area contributed by atoms with Crippen molar-refractivity contribution in [2.45, 2.75) is 12.5 Å². The molecule has 1 atom stereocenters. The summed E-state index contributed by atoms with van der Waals surface area (Å²) in [6.07, 6.45) is 0. The summed E-state index contributed by atoms with van der Waals surface area (Å²) in [5.41, 5.74) is 1.63. The Balaban J connectivity index is 2.28. The van der Waals surface area contributed by atoms with Crippen LogP contribution >= 0.6 is 11.6 Å². The highest BCUT2D eigenvalue weighted by Gasteiger charge is 2.36. The molecule has 1 aliphatic rings. The molecule has 0 fully saturated rings. The van der Waals surface area contributed by atoms with Crippen molar-refractivity contribution in [3.63, 3.8) is 0 Å². The first-order chi connectivity index (χ1) is 10.5. The van der Waals surface area contributed by atoms with E-state index in [2.05, 4.69) is 10.3 Å². The number of halogens is 1. The van der Waals surface area contributed by atoms with Gasteiger partial charge < -0.3 is 10.4 Å². The fourth-order valence-electron chi connectivity index (χ4n) is 2.36. The minimum atomic E-state index is -1.24. The number of aliphatic hydroxyl groups is 1. The standard InChI is InChI=1S/C17H15ClN2O2/c1-17(10-21)16(22)19-14-8-7-12(18)9-13(14)15(20-17)11-5-3-2-4-6-11/h2-9,21H,10H2,1H3,(H,19,22). The molecule has 0 saturated carbocycles. The van der Waals surface area contributed by atoms with Crippen molar-refractivity contribution in [1.29, 1.82) is 0 Å². The minimum absolute atomic E-state index is 0.343. The summed E-state index contributed by atoms with van der Waals surface area (Å²) in [7, 11) is 0. The third-order valence-electron chi connectivity index (χ3n) is 3.69. The Morgan fingerprint density at radius 3 is 2.64 bits per heavy atom. The van der Waals surface area contributed by atoms with E-state index in [-0.39, 0.29) is 12.5 Å². The Hall–Kier alpha value is -2.17. The molecule has 0 bridgehead atoms. The van der Waals surface area contributed by atoms with E-state index in [1.165, 1.54) is 0 Å². The van der Waals surface area contributed by atoms with E-state index in [9.17, 15) is 9.90 Å². The first kappa shape index (κ1) is 14.8. The van der Waals surface area contributed by atoms with E-state index in [1.807, 2.05) is 30.3 Å². The molecule has 1 aliphatic heterocycles. The van der Waals surface area contributed by atoms with Crippen LogP contribution < -0.4 is 5.32 Å². The van der Waals surface area contributed by atoms with Crippen LogP contribution in [0.3, 0.4) is 0 Å². The molecule has 0 radical (unpaired) electrons. The zero-order valence-electron chi connectivity index (χ0n) is 12.0. The number of nitrogens with one attached hydrogen (secondary N) is 1. The average molecular weight is 315 g/mol. The summed E-state index contributed by atoms with van der Waals surface area (Å²) in [6.45, 7) is 1.23. The van der Waals surface area contributed by atoms with Crippen LogP contribution in [-0.2, 0) is 4.79 Å². The minimum Gasteiger partial charge on any atom is -0.393 e. The van der Waals surface area contributed by atoms with Gasteiger partial charge in [-0.25, -0.2) is 0 Å². The van der Waals surface area contributed by atoms with Gasteiger partial charge in [0.2, 0.25) is 0 Å². The smallest absolute Gasteiger partial charge is 0.254 e. The SMILES string of the molecule is CC1(CO)N=C(c2ccccc2)c2cc(Cl)ccc2NC1=O. The zero-order valence-corrected chi connectivity index (χ0v) is 12.8. The van der Waals surface area contributed by atoms with Crippen LogP contribution in [0.25, 0.3) is 0 Å². The Bertz CT molecular complexity index is 759. The highest BCUT2D eigenvalue weighted by atomic mass is 35.5. The van der Waals surface area contributed by atoms with Crippen molar-refractivity contribution in [3.8, 4) is 0 Å². The molecule has 1 heterocycles. The number of rotatable bonds is 2. The van der Waals surface area contributed by atoms with Gasteiger partial charge in [0.05, 0.1) is 18.0 Å². The summed E-state index contributed by atoms with van der Waals surface area (Å²) < 4.78 is 0. The van der Waals surface area contributed by atoms with Crippen LogP contribution in [0.4, 0.5) is 5.69 Å². The van der Waals surface area contributed by atoms with Gasteiger partial charge in [-0.3, -0.25) is 9.79 Å². The van der Waals surface area contributed by atoms with Crippen molar-refractivity contribution in [3.05, 3.63) is 64.7 Å². The zero-order chi connectivity index (χ0) is 15.7. The van der Waals surface area contributed by atoms with E-state index in [4.69, 9.17) is 11.6 Å². The second-order valence-electron chi connectivity index (χ2n) is 5.40. The first-order valence-electron chi connectivity index (χ1n) is 6.91. The Morgan fingerprint density at radius 2 is 1.95 bits per heavy atom. The van der Waals surface area contributed by atoms with Gasteiger partial charge in [0.25, 0.3) is 5.91 Å². The molecule has 1 amide bonds. The van der Waals surface area contributed by atoms with Crippen molar-refractivity contribution >= 4 is 28.9 Å². The number of carbonyl (C=O) groups is 1. The van der Waals surface area contributed by atoms with E-state index in [1.54, 1.807) is 25.1 Å².